The third-order valence-corrected chi connectivity index (χ3v) is 2.38. The van der Waals surface area contributed by atoms with Crippen LogP contribution in [0.2, 0.25) is 0 Å². The molecule has 0 fully saturated rings. The predicted octanol–water partition coefficient (Wildman–Crippen LogP) is 2.26. The van der Waals surface area contributed by atoms with Gasteiger partial charge >= 0.3 is 0 Å². The van der Waals surface area contributed by atoms with Crippen LogP contribution >= 0.6 is 0 Å². The minimum Gasteiger partial charge on any atom is -0.493 e. The molecule has 0 saturated heterocycles. The summed E-state index contributed by atoms with van der Waals surface area (Å²) in [4.78, 5) is 0. The first-order valence-electron chi connectivity index (χ1n) is 5.78. The van der Waals surface area contributed by atoms with E-state index in [0.717, 1.165) is 36.5 Å². The molecule has 0 bridgehead atoms. The Hall–Kier alpha value is -1.06. The first kappa shape index (κ1) is 13.0. The van der Waals surface area contributed by atoms with Gasteiger partial charge in [0, 0.05) is 26.2 Å². The number of ether oxygens (including phenoxy) is 2. The maximum Gasteiger partial charge on any atom is 0.122 e. The maximum absolute atomic E-state index is 5.69. The summed E-state index contributed by atoms with van der Waals surface area (Å²) in [6.07, 6.45) is 0.917. The van der Waals surface area contributed by atoms with Crippen LogP contribution in [0.5, 0.6) is 5.75 Å². The van der Waals surface area contributed by atoms with Crippen molar-refractivity contribution in [3.63, 3.8) is 0 Å². The Morgan fingerprint density at radius 1 is 1.25 bits per heavy atom. The molecular weight excluding hydrogens is 202 g/mol. The van der Waals surface area contributed by atoms with E-state index in [9.17, 15) is 0 Å². The maximum atomic E-state index is 5.69. The second-order valence-electron chi connectivity index (χ2n) is 3.70. The van der Waals surface area contributed by atoms with Gasteiger partial charge in [-0.05, 0) is 31.0 Å². The Kier molecular flexibility index (Phi) is 5.90. The van der Waals surface area contributed by atoms with Gasteiger partial charge in [-0.1, -0.05) is 12.1 Å². The highest BCUT2D eigenvalue weighted by Crippen LogP contribution is 2.19. The molecule has 0 aromatic heterocycles. The smallest absolute Gasteiger partial charge is 0.122 e. The molecule has 0 saturated carbocycles. The Labute approximate surface area is 97.6 Å². The van der Waals surface area contributed by atoms with Crippen LogP contribution in [-0.2, 0) is 11.3 Å². The van der Waals surface area contributed by atoms with Crippen molar-refractivity contribution in [2.45, 2.75) is 26.8 Å². The van der Waals surface area contributed by atoms with Crippen molar-refractivity contribution >= 4 is 0 Å². The van der Waals surface area contributed by atoms with Crippen molar-refractivity contribution in [2.24, 2.45) is 5.73 Å². The summed E-state index contributed by atoms with van der Waals surface area (Å²) >= 11 is 0. The minimum absolute atomic E-state index is 0.551. The standard InChI is InChI=1S/C13H21NO2/c1-3-15-7-4-8-16-13-9-12(10-14)6-5-11(13)2/h5-6,9H,3-4,7-8,10,14H2,1-2H3. The average Bonchev–Trinajstić information content (AvgIpc) is 2.31. The van der Waals surface area contributed by atoms with E-state index < -0.39 is 0 Å². The van der Waals surface area contributed by atoms with E-state index in [1.54, 1.807) is 0 Å². The van der Waals surface area contributed by atoms with Gasteiger partial charge in [-0.3, -0.25) is 0 Å². The van der Waals surface area contributed by atoms with Gasteiger partial charge in [0.1, 0.15) is 5.75 Å². The molecule has 1 aromatic rings. The molecule has 0 radical (unpaired) electrons. The number of aryl methyl sites for hydroxylation is 1. The van der Waals surface area contributed by atoms with Crippen LogP contribution in [0.25, 0.3) is 0 Å². The molecule has 90 valence electrons. The fraction of sp³-hybridized carbons (Fsp3) is 0.538. The Balaban J connectivity index is 2.40. The van der Waals surface area contributed by atoms with E-state index in [1.165, 1.54) is 0 Å². The highest BCUT2D eigenvalue weighted by Gasteiger charge is 2.00. The summed E-state index contributed by atoms with van der Waals surface area (Å²) in [5.41, 5.74) is 7.84. The second kappa shape index (κ2) is 7.25. The molecule has 0 aliphatic heterocycles. The molecule has 0 aliphatic carbocycles. The highest BCUT2D eigenvalue weighted by molar-refractivity contribution is 5.36. The molecule has 1 rings (SSSR count). The van der Waals surface area contributed by atoms with Crippen LogP contribution < -0.4 is 10.5 Å². The molecule has 3 nitrogen and oxygen atoms in total. The quantitative estimate of drug-likeness (QED) is 0.721. The van der Waals surface area contributed by atoms with E-state index >= 15 is 0 Å². The van der Waals surface area contributed by atoms with Gasteiger partial charge < -0.3 is 15.2 Å². The van der Waals surface area contributed by atoms with Crippen molar-refractivity contribution in [1.82, 2.24) is 0 Å². The van der Waals surface area contributed by atoms with E-state index in [0.29, 0.717) is 13.2 Å². The van der Waals surface area contributed by atoms with E-state index in [2.05, 4.69) is 0 Å². The molecule has 0 unspecified atom stereocenters. The monoisotopic (exact) mass is 223 g/mol. The fourth-order valence-corrected chi connectivity index (χ4v) is 1.41. The molecule has 0 aliphatic rings. The van der Waals surface area contributed by atoms with Gasteiger partial charge in [0.2, 0.25) is 0 Å². The van der Waals surface area contributed by atoms with Gasteiger partial charge in [0.15, 0.2) is 0 Å². The lowest BCUT2D eigenvalue weighted by Gasteiger charge is -2.10. The summed E-state index contributed by atoms with van der Waals surface area (Å²) in [6, 6.07) is 6.08. The van der Waals surface area contributed by atoms with Crippen LogP contribution in [0.3, 0.4) is 0 Å². The van der Waals surface area contributed by atoms with Crippen LogP contribution in [0.1, 0.15) is 24.5 Å². The molecule has 1 aromatic carbocycles. The van der Waals surface area contributed by atoms with Crippen molar-refractivity contribution in [1.29, 1.82) is 0 Å². The normalized spacial score (nSPS) is 10.4. The van der Waals surface area contributed by atoms with E-state index in [-0.39, 0.29) is 0 Å². The van der Waals surface area contributed by atoms with Crippen molar-refractivity contribution in [3.8, 4) is 5.75 Å². The van der Waals surface area contributed by atoms with Crippen molar-refractivity contribution in [2.75, 3.05) is 19.8 Å². The molecule has 3 heteroatoms. The number of hydrogen-bond acceptors (Lipinski definition) is 3. The summed E-state index contributed by atoms with van der Waals surface area (Å²) in [7, 11) is 0. The first-order chi connectivity index (χ1) is 7.77. The third-order valence-electron chi connectivity index (χ3n) is 2.38. The fourth-order valence-electron chi connectivity index (χ4n) is 1.41. The predicted molar refractivity (Wildman–Crippen MR) is 65.7 cm³/mol. The molecule has 0 spiro atoms. The Morgan fingerprint density at radius 3 is 2.75 bits per heavy atom. The molecular formula is C13H21NO2. The Bertz CT molecular complexity index is 313. The lowest BCUT2D eigenvalue weighted by molar-refractivity contribution is 0.130. The van der Waals surface area contributed by atoms with Crippen molar-refractivity contribution < 1.29 is 9.47 Å². The summed E-state index contributed by atoms with van der Waals surface area (Å²) in [5.74, 6) is 0.930. The van der Waals surface area contributed by atoms with Crippen LogP contribution in [0.4, 0.5) is 0 Å². The highest BCUT2D eigenvalue weighted by atomic mass is 16.5. The molecule has 16 heavy (non-hydrogen) atoms. The van der Waals surface area contributed by atoms with Crippen LogP contribution in [-0.4, -0.2) is 19.8 Å². The largest absolute Gasteiger partial charge is 0.493 e. The summed E-state index contributed by atoms with van der Waals surface area (Å²) in [5, 5.41) is 0. The topological polar surface area (TPSA) is 44.5 Å². The summed E-state index contributed by atoms with van der Waals surface area (Å²) in [6.45, 7) is 6.80. The van der Waals surface area contributed by atoms with E-state index in [1.807, 2.05) is 32.0 Å². The third kappa shape index (κ3) is 4.21. The van der Waals surface area contributed by atoms with Gasteiger partial charge in [-0.15, -0.1) is 0 Å². The van der Waals surface area contributed by atoms with Gasteiger partial charge in [-0.2, -0.15) is 0 Å². The van der Waals surface area contributed by atoms with Gasteiger partial charge in [-0.25, -0.2) is 0 Å². The average molecular weight is 223 g/mol. The van der Waals surface area contributed by atoms with Crippen LogP contribution in [0.15, 0.2) is 18.2 Å². The first-order valence-corrected chi connectivity index (χ1v) is 5.78. The number of hydrogen-bond donors (Lipinski definition) is 1. The summed E-state index contributed by atoms with van der Waals surface area (Å²) < 4.78 is 10.9. The minimum atomic E-state index is 0.551. The number of nitrogens with two attached hydrogens (primary N) is 1. The molecule has 0 heterocycles. The van der Waals surface area contributed by atoms with Crippen molar-refractivity contribution in [3.05, 3.63) is 29.3 Å². The lowest BCUT2D eigenvalue weighted by Crippen LogP contribution is -2.04. The zero-order valence-corrected chi connectivity index (χ0v) is 10.2. The van der Waals surface area contributed by atoms with Gasteiger partial charge in [0.25, 0.3) is 0 Å². The zero-order valence-electron chi connectivity index (χ0n) is 10.2. The number of benzene rings is 1. The second-order valence-corrected chi connectivity index (χ2v) is 3.70. The van der Waals surface area contributed by atoms with Gasteiger partial charge in [0.05, 0.1) is 6.61 Å². The SMILES string of the molecule is CCOCCCOc1cc(CN)ccc1C. The number of rotatable bonds is 7. The van der Waals surface area contributed by atoms with E-state index in [4.69, 9.17) is 15.2 Å². The lowest BCUT2D eigenvalue weighted by atomic mass is 10.1. The zero-order chi connectivity index (χ0) is 11.8. The Morgan fingerprint density at radius 2 is 2.06 bits per heavy atom. The molecule has 0 amide bonds. The van der Waals surface area contributed by atoms with Crippen LogP contribution in [0, 0.1) is 6.92 Å². The molecule has 0 atom stereocenters. The molecule has 2 N–H and O–H groups in total.